The van der Waals surface area contributed by atoms with Crippen LogP contribution in [-0.2, 0) is 9.59 Å². The second-order valence-corrected chi connectivity index (χ2v) is 10.3. The summed E-state index contributed by atoms with van der Waals surface area (Å²) in [5.74, 6) is 2.21. The van der Waals surface area contributed by atoms with Gasteiger partial charge < -0.3 is 5.32 Å². The van der Waals surface area contributed by atoms with Gasteiger partial charge in [0.15, 0.2) is 0 Å². The Labute approximate surface area is 158 Å². The number of nitrogens with zero attached hydrogens (tertiary/aromatic N) is 1. The van der Waals surface area contributed by atoms with Crippen LogP contribution in [0.4, 0.5) is 0 Å². The number of rotatable bonds is 5. The molecule has 4 atom stereocenters. The van der Waals surface area contributed by atoms with Crippen LogP contribution in [0.3, 0.4) is 0 Å². The molecular weight excluding hydrogens is 324 g/mol. The molecule has 146 valence electrons. The summed E-state index contributed by atoms with van der Waals surface area (Å²) < 4.78 is 0. The molecule has 0 spiro atoms. The lowest BCUT2D eigenvalue weighted by atomic mass is 9.80. The molecule has 1 aliphatic heterocycles. The molecule has 0 aromatic heterocycles. The van der Waals surface area contributed by atoms with Gasteiger partial charge in [-0.25, -0.2) is 0 Å². The normalized spacial score (nSPS) is 37.2. The lowest BCUT2D eigenvalue weighted by Crippen LogP contribution is -2.50. The van der Waals surface area contributed by atoms with Gasteiger partial charge in [-0.1, -0.05) is 33.1 Å². The first-order valence-corrected chi connectivity index (χ1v) is 11.0. The van der Waals surface area contributed by atoms with Crippen molar-refractivity contribution >= 4 is 11.7 Å². The van der Waals surface area contributed by atoms with Crippen molar-refractivity contribution in [3.05, 3.63) is 0 Å². The third-order valence-electron chi connectivity index (χ3n) is 7.44. The van der Waals surface area contributed by atoms with Crippen LogP contribution >= 0.6 is 0 Å². The van der Waals surface area contributed by atoms with Gasteiger partial charge in [-0.3, -0.25) is 14.5 Å². The fourth-order valence-electron chi connectivity index (χ4n) is 6.06. The van der Waals surface area contributed by atoms with Crippen LogP contribution in [-0.4, -0.2) is 42.3 Å². The number of amides is 1. The number of piperidine rings is 1. The van der Waals surface area contributed by atoms with E-state index in [2.05, 4.69) is 24.1 Å². The predicted octanol–water partition coefficient (Wildman–Crippen LogP) is 3.40. The van der Waals surface area contributed by atoms with Crippen LogP contribution in [0, 0.1) is 29.1 Å². The van der Waals surface area contributed by atoms with Crippen molar-refractivity contribution in [2.75, 3.05) is 19.6 Å². The summed E-state index contributed by atoms with van der Waals surface area (Å²) in [5.41, 5.74) is 0.310. The number of nitrogens with one attached hydrogen (secondary N) is 1. The summed E-state index contributed by atoms with van der Waals surface area (Å²) in [6.45, 7) is 7.12. The van der Waals surface area contributed by atoms with E-state index in [-0.39, 0.29) is 17.9 Å². The predicted molar refractivity (Wildman–Crippen MR) is 103 cm³/mol. The fraction of sp³-hybridized carbons (Fsp3) is 0.909. The van der Waals surface area contributed by atoms with E-state index in [0.29, 0.717) is 35.5 Å². The highest BCUT2D eigenvalue weighted by molar-refractivity contribution is 5.87. The standard InChI is InChI=1S/C22H36N2O2/c1-22(2)10-5-11-24(14-22)13-19(25)23-20-17-7-4-3-6-16(17)12-18(20)21(26)15-8-9-15/h15-18,20H,3-14H2,1-2H3,(H,23,25). The third kappa shape index (κ3) is 4.00. The average molecular weight is 361 g/mol. The summed E-state index contributed by atoms with van der Waals surface area (Å²) in [4.78, 5) is 28.0. The summed E-state index contributed by atoms with van der Waals surface area (Å²) in [6.07, 6.45) is 10.6. The molecule has 0 aromatic rings. The Morgan fingerprint density at radius 2 is 1.85 bits per heavy atom. The Kier molecular flexibility index (Phi) is 5.15. The van der Waals surface area contributed by atoms with Crippen molar-refractivity contribution in [1.82, 2.24) is 10.2 Å². The van der Waals surface area contributed by atoms with Gasteiger partial charge in [-0.2, -0.15) is 0 Å². The van der Waals surface area contributed by atoms with E-state index >= 15 is 0 Å². The lowest BCUT2D eigenvalue weighted by molar-refractivity contribution is -0.127. The Morgan fingerprint density at radius 1 is 1.08 bits per heavy atom. The van der Waals surface area contributed by atoms with E-state index in [9.17, 15) is 9.59 Å². The van der Waals surface area contributed by atoms with Crippen LogP contribution in [0.5, 0.6) is 0 Å². The van der Waals surface area contributed by atoms with Gasteiger partial charge in [0.2, 0.25) is 5.91 Å². The highest BCUT2D eigenvalue weighted by Gasteiger charge is 2.50. The Bertz CT molecular complexity index is 554. The maximum absolute atomic E-state index is 12.9. The van der Waals surface area contributed by atoms with E-state index in [0.717, 1.165) is 32.4 Å². The molecule has 1 amide bonds. The second-order valence-electron chi connectivity index (χ2n) is 10.3. The lowest BCUT2D eigenvalue weighted by Gasteiger charge is -2.38. The smallest absolute Gasteiger partial charge is 0.234 e. The van der Waals surface area contributed by atoms with Crippen molar-refractivity contribution in [1.29, 1.82) is 0 Å². The first-order valence-electron chi connectivity index (χ1n) is 11.0. The summed E-state index contributed by atoms with van der Waals surface area (Å²) in [5, 5.41) is 3.36. The molecule has 0 radical (unpaired) electrons. The second kappa shape index (κ2) is 7.26. The topological polar surface area (TPSA) is 49.4 Å². The Morgan fingerprint density at radius 3 is 2.58 bits per heavy atom. The van der Waals surface area contributed by atoms with Crippen molar-refractivity contribution in [3.8, 4) is 0 Å². The fourth-order valence-corrected chi connectivity index (χ4v) is 6.06. The molecule has 3 aliphatic carbocycles. The van der Waals surface area contributed by atoms with Crippen LogP contribution in [0.25, 0.3) is 0 Å². The molecule has 4 fully saturated rings. The number of likely N-dealkylation sites (tertiary alicyclic amines) is 1. The number of fused-ring (bicyclic) bond motifs is 1. The number of hydrogen-bond donors (Lipinski definition) is 1. The molecule has 1 N–H and O–H groups in total. The first-order chi connectivity index (χ1) is 12.4. The first kappa shape index (κ1) is 18.5. The van der Waals surface area contributed by atoms with Gasteiger partial charge >= 0.3 is 0 Å². The largest absolute Gasteiger partial charge is 0.351 e. The van der Waals surface area contributed by atoms with E-state index in [1.54, 1.807) is 0 Å². The van der Waals surface area contributed by atoms with Gasteiger partial charge in [0.05, 0.1) is 6.54 Å². The number of carbonyl (C=O) groups excluding carboxylic acids is 2. The zero-order valence-corrected chi connectivity index (χ0v) is 16.6. The number of carbonyl (C=O) groups is 2. The summed E-state index contributed by atoms with van der Waals surface area (Å²) >= 11 is 0. The zero-order valence-electron chi connectivity index (χ0n) is 16.6. The number of ketones is 1. The van der Waals surface area contributed by atoms with Crippen molar-refractivity contribution in [2.45, 2.75) is 77.7 Å². The Hall–Kier alpha value is -0.900. The van der Waals surface area contributed by atoms with Gasteiger partial charge in [0.1, 0.15) is 5.78 Å². The quantitative estimate of drug-likeness (QED) is 0.817. The van der Waals surface area contributed by atoms with Gasteiger partial charge in [-0.05, 0) is 62.3 Å². The molecule has 4 nitrogen and oxygen atoms in total. The number of Topliss-reactive ketones (excluding diaryl/α,β-unsaturated/α-hetero) is 1. The average Bonchev–Trinajstić information content (AvgIpc) is 3.37. The van der Waals surface area contributed by atoms with Crippen LogP contribution in [0.2, 0.25) is 0 Å². The van der Waals surface area contributed by atoms with E-state index in [1.165, 1.54) is 38.5 Å². The highest BCUT2D eigenvalue weighted by atomic mass is 16.2. The van der Waals surface area contributed by atoms with Crippen molar-refractivity contribution < 1.29 is 9.59 Å². The molecule has 4 aliphatic rings. The molecule has 1 heterocycles. The molecule has 0 aromatic carbocycles. The molecule has 0 bridgehead atoms. The minimum atomic E-state index is 0.0948. The van der Waals surface area contributed by atoms with Crippen molar-refractivity contribution in [3.63, 3.8) is 0 Å². The van der Waals surface area contributed by atoms with E-state index in [4.69, 9.17) is 0 Å². The minimum absolute atomic E-state index is 0.0948. The van der Waals surface area contributed by atoms with E-state index < -0.39 is 0 Å². The molecule has 1 saturated heterocycles. The van der Waals surface area contributed by atoms with Crippen LogP contribution < -0.4 is 5.32 Å². The molecule has 4 unspecified atom stereocenters. The Balaban J connectivity index is 1.40. The molecule has 26 heavy (non-hydrogen) atoms. The highest BCUT2D eigenvalue weighted by Crippen LogP contribution is 2.48. The summed E-state index contributed by atoms with van der Waals surface area (Å²) in [7, 11) is 0. The molecule has 3 saturated carbocycles. The maximum atomic E-state index is 12.9. The number of hydrogen-bond acceptors (Lipinski definition) is 3. The molecule has 4 rings (SSSR count). The molecular formula is C22H36N2O2. The van der Waals surface area contributed by atoms with Gasteiger partial charge in [0, 0.05) is 24.4 Å². The third-order valence-corrected chi connectivity index (χ3v) is 7.44. The van der Waals surface area contributed by atoms with Gasteiger partial charge in [0.25, 0.3) is 0 Å². The zero-order chi connectivity index (χ0) is 18.3. The van der Waals surface area contributed by atoms with Crippen molar-refractivity contribution in [2.24, 2.45) is 29.1 Å². The van der Waals surface area contributed by atoms with Crippen LogP contribution in [0.1, 0.15) is 71.6 Å². The van der Waals surface area contributed by atoms with Crippen LogP contribution in [0.15, 0.2) is 0 Å². The monoisotopic (exact) mass is 360 g/mol. The van der Waals surface area contributed by atoms with Gasteiger partial charge in [-0.15, -0.1) is 0 Å². The maximum Gasteiger partial charge on any atom is 0.234 e. The SMILES string of the molecule is CC1(C)CCCN(CC(=O)NC2C(C(=O)C3CC3)CC3CCCCC32)C1. The van der Waals surface area contributed by atoms with E-state index in [1.807, 2.05) is 0 Å². The summed E-state index contributed by atoms with van der Waals surface area (Å²) in [6, 6.07) is 0.110. The molecule has 4 heteroatoms. The minimum Gasteiger partial charge on any atom is -0.351 e.